The standard InChI is InChI=1S/C18H15F3N2O3/c1-25-5-4-23-13-3-2-9(6-10(13)19)15-8-14(24)16-17(22)11(20)7-12(21)18(16)26-15/h2-3,6-8,23H,4-5,22H2,1H3. The van der Waals surface area contributed by atoms with Gasteiger partial charge >= 0.3 is 0 Å². The van der Waals surface area contributed by atoms with Crippen molar-refractivity contribution in [3.05, 3.63) is 58.0 Å². The molecule has 3 N–H and O–H groups in total. The number of anilines is 2. The fourth-order valence-electron chi connectivity index (χ4n) is 2.53. The van der Waals surface area contributed by atoms with Crippen LogP contribution in [-0.2, 0) is 4.74 Å². The average Bonchev–Trinajstić information content (AvgIpc) is 2.60. The molecule has 136 valence electrons. The molecule has 0 amide bonds. The fourth-order valence-corrected chi connectivity index (χ4v) is 2.53. The first-order valence-corrected chi connectivity index (χ1v) is 7.66. The summed E-state index contributed by atoms with van der Waals surface area (Å²) in [4.78, 5) is 12.2. The molecule has 3 rings (SSSR count). The molecule has 26 heavy (non-hydrogen) atoms. The average molecular weight is 364 g/mol. The van der Waals surface area contributed by atoms with Crippen molar-refractivity contribution in [1.29, 1.82) is 0 Å². The van der Waals surface area contributed by atoms with Gasteiger partial charge in [0, 0.05) is 31.4 Å². The minimum absolute atomic E-state index is 0.0604. The third-order valence-electron chi connectivity index (χ3n) is 3.82. The summed E-state index contributed by atoms with van der Waals surface area (Å²) in [6.45, 7) is 0.811. The number of fused-ring (bicyclic) bond motifs is 1. The molecule has 0 unspecified atom stereocenters. The summed E-state index contributed by atoms with van der Waals surface area (Å²) in [5, 5.41) is 2.46. The van der Waals surface area contributed by atoms with E-state index in [0.717, 1.165) is 12.1 Å². The van der Waals surface area contributed by atoms with Crippen LogP contribution >= 0.6 is 0 Å². The van der Waals surface area contributed by atoms with Gasteiger partial charge in [0.25, 0.3) is 0 Å². The van der Waals surface area contributed by atoms with Crippen molar-refractivity contribution in [2.45, 2.75) is 0 Å². The minimum atomic E-state index is -1.07. The van der Waals surface area contributed by atoms with E-state index in [4.69, 9.17) is 14.9 Å². The van der Waals surface area contributed by atoms with Crippen molar-refractivity contribution in [2.24, 2.45) is 0 Å². The molecule has 3 aromatic rings. The van der Waals surface area contributed by atoms with Gasteiger partial charge in [-0.3, -0.25) is 4.79 Å². The molecule has 2 aromatic carbocycles. The number of ether oxygens (including phenoxy) is 1. The van der Waals surface area contributed by atoms with Crippen LogP contribution in [0.3, 0.4) is 0 Å². The second-order valence-electron chi connectivity index (χ2n) is 5.55. The Kier molecular flexibility index (Phi) is 4.85. The van der Waals surface area contributed by atoms with Gasteiger partial charge < -0.3 is 20.2 Å². The zero-order valence-corrected chi connectivity index (χ0v) is 13.7. The molecule has 8 heteroatoms. The van der Waals surface area contributed by atoms with Crippen molar-refractivity contribution in [1.82, 2.24) is 0 Å². The number of rotatable bonds is 5. The van der Waals surface area contributed by atoms with Gasteiger partial charge in [0.2, 0.25) is 0 Å². The Morgan fingerprint density at radius 2 is 1.88 bits per heavy atom. The highest BCUT2D eigenvalue weighted by Crippen LogP contribution is 2.29. The third kappa shape index (κ3) is 3.23. The summed E-state index contributed by atoms with van der Waals surface area (Å²) in [5.41, 5.74) is 4.27. The molecule has 0 bridgehead atoms. The molecule has 0 aliphatic carbocycles. The maximum Gasteiger partial charge on any atom is 0.195 e. The monoisotopic (exact) mass is 364 g/mol. The van der Waals surface area contributed by atoms with E-state index >= 15 is 0 Å². The second-order valence-corrected chi connectivity index (χ2v) is 5.55. The number of hydrogen-bond donors (Lipinski definition) is 2. The molecule has 0 radical (unpaired) electrons. The Hall–Kier alpha value is -3.00. The van der Waals surface area contributed by atoms with Crippen molar-refractivity contribution in [3.8, 4) is 11.3 Å². The van der Waals surface area contributed by atoms with Crippen LogP contribution in [0.15, 0.2) is 39.5 Å². The SMILES string of the molecule is COCCNc1ccc(-c2cc(=O)c3c(N)c(F)cc(F)c3o2)cc1F. The molecule has 1 aromatic heterocycles. The van der Waals surface area contributed by atoms with E-state index in [0.29, 0.717) is 19.2 Å². The molecule has 0 saturated heterocycles. The molecular weight excluding hydrogens is 349 g/mol. The predicted octanol–water partition coefficient (Wildman–Crippen LogP) is 3.52. The zero-order chi connectivity index (χ0) is 18.8. The Labute approximate surface area is 146 Å². The first-order chi connectivity index (χ1) is 12.4. The van der Waals surface area contributed by atoms with E-state index < -0.39 is 34.2 Å². The van der Waals surface area contributed by atoms with Gasteiger partial charge in [0.05, 0.1) is 23.4 Å². The molecule has 0 aliphatic rings. The van der Waals surface area contributed by atoms with Gasteiger partial charge in [-0.2, -0.15) is 0 Å². The van der Waals surface area contributed by atoms with E-state index in [1.54, 1.807) is 0 Å². The summed E-state index contributed by atoms with van der Waals surface area (Å²) in [6.07, 6.45) is 0. The van der Waals surface area contributed by atoms with E-state index in [1.807, 2.05) is 0 Å². The Bertz CT molecular complexity index is 1030. The van der Waals surface area contributed by atoms with E-state index in [1.165, 1.54) is 19.2 Å². The maximum atomic E-state index is 14.2. The number of nitrogens with two attached hydrogens (primary N) is 1. The zero-order valence-electron chi connectivity index (χ0n) is 13.7. The molecule has 5 nitrogen and oxygen atoms in total. The molecule has 0 saturated carbocycles. The Balaban J connectivity index is 2.06. The first kappa shape index (κ1) is 17.8. The maximum absolute atomic E-state index is 14.2. The van der Waals surface area contributed by atoms with Crippen LogP contribution in [0.1, 0.15) is 0 Å². The molecule has 0 atom stereocenters. The number of halogens is 3. The van der Waals surface area contributed by atoms with Gasteiger partial charge in [-0.15, -0.1) is 0 Å². The lowest BCUT2D eigenvalue weighted by molar-refractivity contribution is 0.210. The Morgan fingerprint density at radius 1 is 1.12 bits per heavy atom. The highest BCUT2D eigenvalue weighted by atomic mass is 19.1. The van der Waals surface area contributed by atoms with Gasteiger partial charge in [-0.1, -0.05) is 0 Å². The van der Waals surface area contributed by atoms with E-state index in [2.05, 4.69) is 5.32 Å². The molecule has 1 heterocycles. The van der Waals surface area contributed by atoms with Crippen LogP contribution in [-0.4, -0.2) is 20.3 Å². The lowest BCUT2D eigenvalue weighted by Crippen LogP contribution is -2.09. The summed E-state index contributed by atoms with van der Waals surface area (Å²) in [7, 11) is 1.53. The van der Waals surface area contributed by atoms with E-state index in [9.17, 15) is 18.0 Å². The lowest BCUT2D eigenvalue weighted by Gasteiger charge is -2.10. The van der Waals surface area contributed by atoms with Crippen LogP contribution in [0.5, 0.6) is 0 Å². The Morgan fingerprint density at radius 3 is 2.58 bits per heavy atom. The fraction of sp³-hybridized carbons (Fsp3) is 0.167. The number of hydrogen-bond acceptors (Lipinski definition) is 5. The summed E-state index contributed by atoms with van der Waals surface area (Å²) < 4.78 is 52.0. The normalized spacial score (nSPS) is 11.1. The molecular formula is C18H15F3N2O3. The van der Waals surface area contributed by atoms with Crippen LogP contribution in [0.4, 0.5) is 24.5 Å². The van der Waals surface area contributed by atoms with Crippen LogP contribution < -0.4 is 16.5 Å². The molecule has 0 fully saturated rings. The van der Waals surface area contributed by atoms with Crippen molar-refractivity contribution < 1.29 is 22.3 Å². The van der Waals surface area contributed by atoms with Gasteiger partial charge in [0.15, 0.2) is 16.8 Å². The van der Waals surface area contributed by atoms with E-state index in [-0.39, 0.29) is 22.4 Å². The quantitative estimate of drug-likeness (QED) is 0.535. The van der Waals surface area contributed by atoms with Crippen LogP contribution in [0.2, 0.25) is 0 Å². The first-order valence-electron chi connectivity index (χ1n) is 7.66. The lowest BCUT2D eigenvalue weighted by atomic mass is 10.1. The van der Waals surface area contributed by atoms with Crippen molar-refractivity contribution in [2.75, 3.05) is 31.3 Å². The molecule has 0 aliphatic heterocycles. The summed E-state index contributed by atoms with van der Waals surface area (Å²) in [6, 6.07) is 5.66. The van der Waals surface area contributed by atoms with Crippen LogP contribution in [0, 0.1) is 17.5 Å². The highest BCUT2D eigenvalue weighted by Gasteiger charge is 2.17. The number of nitrogen functional groups attached to an aromatic ring is 1. The van der Waals surface area contributed by atoms with Crippen molar-refractivity contribution in [3.63, 3.8) is 0 Å². The number of nitrogens with one attached hydrogen (secondary N) is 1. The summed E-state index contributed by atoms with van der Waals surface area (Å²) in [5.74, 6) is -2.76. The highest BCUT2D eigenvalue weighted by molar-refractivity contribution is 5.90. The summed E-state index contributed by atoms with van der Waals surface area (Å²) >= 11 is 0. The third-order valence-corrected chi connectivity index (χ3v) is 3.82. The number of methoxy groups -OCH3 is 1. The van der Waals surface area contributed by atoms with Gasteiger partial charge in [-0.05, 0) is 18.2 Å². The topological polar surface area (TPSA) is 77.5 Å². The van der Waals surface area contributed by atoms with Gasteiger partial charge in [0.1, 0.15) is 17.4 Å². The predicted molar refractivity (Wildman–Crippen MR) is 92.6 cm³/mol. The number of benzene rings is 2. The smallest absolute Gasteiger partial charge is 0.195 e. The largest absolute Gasteiger partial charge is 0.453 e. The molecule has 0 spiro atoms. The second kappa shape index (κ2) is 7.09. The van der Waals surface area contributed by atoms with Gasteiger partial charge in [-0.25, -0.2) is 13.2 Å². The van der Waals surface area contributed by atoms with Crippen molar-refractivity contribution >= 4 is 22.3 Å². The van der Waals surface area contributed by atoms with Crippen LogP contribution in [0.25, 0.3) is 22.3 Å². The minimum Gasteiger partial charge on any atom is -0.453 e.